The lowest BCUT2D eigenvalue weighted by atomic mass is 9.98. The van der Waals surface area contributed by atoms with Crippen LogP contribution in [0.3, 0.4) is 0 Å². The third-order valence-electron chi connectivity index (χ3n) is 7.00. The number of fused-ring (bicyclic) bond motifs is 1. The highest BCUT2D eigenvalue weighted by atomic mass is 35.5. The van der Waals surface area contributed by atoms with Crippen LogP contribution in [-0.4, -0.2) is 59.2 Å². The second kappa shape index (κ2) is 11.1. The number of rotatable bonds is 6. The van der Waals surface area contributed by atoms with Gasteiger partial charge in [0, 0.05) is 5.02 Å². The number of aromatic amines is 1. The van der Waals surface area contributed by atoms with Gasteiger partial charge in [0.15, 0.2) is 17.8 Å². The van der Waals surface area contributed by atoms with Crippen LogP contribution in [0.25, 0.3) is 22.3 Å². The summed E-state index contributed by atoms with van der Waals surface area (Å²) in [4.78, 5) is 24.3. The fourth-order valence-electron chi connectivity index (χ4n) is 4.90. The standard InChI is InChI=1S/C29H24ClN5O6/c30-20-12-10-18(11-13-20)24(41-29(38)19-8-6-17(7-9-19)16-4-2-1-3-5-16)25-22(36)23(37)28(40-25)35-15-33-21-26(34-39)31-14-32-27(21)35/h1-15,22-25,28,36-37,39H,(H,31,32,34)/t22-,23+,24?,25-,28+/m0/s1. The van der Waals surface area contributed by atoms with Gasteiger partial charge in [-0.05, 0) is 41.0 Å². The molecule has 1 unspecified atom stereocenters. The molecule has 0 spiro atoms. The van der Waals surface area contributed by atoms with E-state index in [1.807, 2.05) is 42.5 Å². The zero-order valence-electron chi connectivity index (χ0n) is 21.3. The van der Waals surface area contributed by atoms with Gasteiger partial charge in [-0.25, -0.2) is 14.8 Å². The maximum absolute atomic E-state index is 13.3. The Morgan fingerprint density at radius 2 is 1.68 bits per heavy atom. The summed E-state index contributed by atoms with van der Waals surface area (Å²) in [6.07, 6.45) is -3.60. The van der Waals surface area contributed by atoms with Gasteiger partial charge in [0.05, 0.1) is 18.2 Å². The molecule has 41 heavy (non-hydrogen) atoms. The third kappa shape index (κ3) is 5.07. The second-order valence-electron chi connectivity index (χ2n) is 9.47. The number of nitrogens with one attached hydrogen (secondary N) is 1. The number of H-pyrrole nitrogens is 1. The number of carbonyl (C=O) groups excluding carboxylic acids is 1. The molecule has 2 aromatic heterocycles. The van der Waals surface area contributed by atoms with Crippen molar-refractivity contribution in [1.29, 1.82) is 0 Å². The SMILES string of the molecule is O=C(OC(c1ccc(Cl)cc1)[C@H]1O[C@@H](n2cnc3c(=NO)nc[nH]c32)[C@H](O)[C@@H]1O)c1ccc(-c2ccccc2)cc1. The number of ether oxygens (including phenoxy) is 2. The molecule has 0 amide bonds. The van der Waals surface area contributed by atoms with E-state index in [2.05, 4.69) is 20.1 Å². The van der Waals surface area contributed by atoms with Gasteiger partial charge in [-0.3, -0.25) is 4.57 Å². The normalized spacial score (nSPS) is 21.7. The molecule has 0 radical (unpaired) electrons. The summed E-state index contributed by atoms with van der Waals surface area (Å²) < 4.78 is 13.5. The quantitative estimate of drug-likeness (QED) is 0.136. The lowest BCUT2D eigenvalue weighted by Gasteiger charge is -2.26. The molecule has 11 nitrogen and oxygen atoms in total. The van der Waals surface area contributed by atoms with Crippen molar-refractivity contribution in [2.45, 2.75) is 30.6 Å². The minimum atomic E-state index is -1.45. The average Bonchev–Trinajstić information content (AvgIpc) is 3.57. The summed E-state index contributed by atoms with van der Waals surface area (Å²) in [5.41, 5.74) is 3.28. The lowest BCUT2D eigenvalue weighted by Crippen LogP contribution is -2.36. The number of nitrogens with zero attached hydrogens (tertiary/aromatic N) is 4. The maximum atomic E-state index is 13.3. The Kier molecular flexibility index (Phi) is 7.25. The summed E-state index contributed by atoms with van der Waals surface area (Å²) in [6, 6.07) is 23.3. The van der Waals surface area contributed by atoms with Crippen molar-refractivity contribution in [3.8, 4) is 11.1 Å². The predicted octanol–water partition coefficient (Wildman–Crippen LogP) is 3.59. The van der Waals surface area contributed by atoms with E-state index >= 15 is 0 Å². The van der Waals surface area contributed by atoms with Crippen molar-refractivity contribution in [3.05, 3.63) is 113 Å². The summed E-state index contributed by atoms with van der Waals surface area (Å²) in [6.45, 7) is 0. The number of hydrogen-bond donors (Lipinski definition) is 4. The number of benzene rings is 3. The van der Waals surface area contributed by atoms with Gasteiger partial charge in [0.25, 0.3) is 0 Å². The van der Waals surface area contributed by atoms with Crippen molar-refractivity contribution in [1.82, 2.24) is 19.5 Å². The molecule has 5 aromatic rings. The fraction of sp³-hybridized carbons (Fsp3) is 0.172. The van der Waals surface area contributed by atoms with Gasteiger partial charge in [0.1, 0.15) is 24.0 Å². The Balaban J connectivity index is 1.30. The molecule has 0 saturated carbocycles. The molecule has 3 aromatic carbocycles. The van der Waals surface area contributed by atoms with Gasteiger partial charge in [-0.15, -0.1) is 0 Å². The predicted molar refractivity (Wildman–Crippen MR) is 147 cm³/mol. The Hall–Kier alpha value is -4.55. The zero-order chi connectivity index (χ0) is 28.5. The highest BCUT2D eigenvalue weighted by Gasteiger charge is 2.49. The molecule has 1 fully saturated rings. The van der Waals surface area contributed by atoms with E-state index in [1.165, 1.54) is 17.2 Å². The first-order valence-electron chi connectivity index (χ1n) is 12.7. The molecule has 4 N–H and O–H groups in total. The molecule has 5 atom stereocenters. The van der Waals surface area contributed by atoms with Crippen LogP contribution in [0.1, 0.15) is 28.3 Å². The van der Waals surface area contributed by atoms with Gasteiger partial charge < -0.3 is 29.9 Å². The molecule has 0 bridgehead atoms. The monoisotopic (exact) mass is 573 g/mol. The first-order chi connectivity index (χ1) is 19.9. The number of aromatic nitrogens is 4. The number of imidazole rings is 1. The van der Waals surface area contributed by atoms with Crippen LogP contribution in [0, 0.1) is 0 Å². The molecule has 6 rings (SSSR count). The third-order valence-corrected chi connectivity index (χ3v) is 7.25. The minimum absolute atomic E-state index is 0.0339. The van der Waals surface area contributed by atoms with Gasteiger partial charge in [0.2, 0.25) is 5.49 Å². The van der Waals surface area contributed by atoms with Crippen LogP contribution < -0.4 is 5.49 Å². The average molecular weight is 574 g/mol. The second-order valence-corrected chi connectivity index (χ2v) is 9.90. The number of aliphatic hydroxyl groups excluding tert-OH is 2. The van der Waals surface area contributed by atoms with Crippen LogP contribution in [0.4, 0.5) is 0 Å². The van der Waals surface area contributed by atoms with E-state index in [0.29, 0.717) is 21.8 Å². The highest BCUT2D eigenvalue weighted by molar-refractivity contribution is 6.30. The molecule has 12 heteroatoms. The van der Waals surface area contributed by atoms with Gasteiger partial charge >= 0.3 is 5.97 Å². The van der Waals surface area contributed by atoms with Gasteiger partial charge in [-0.2, -0.15) is 0 Å². The minimum Gasteiger partial charge on any atom is -0.451 e. The van der Waals surface area contributed by atoms with E-state index in [-0.39, 0.29) is 11.0 Å². The van der Waals surface area contributed by atoms with Crippen LogP contribution >= 0.6 is 11.6 Å². The number of carbonyl (C=O) groups is 1. The number of halogens is 1. The van der Waals surface area contributed by atoms with Crippen LogP contribution in [-0.2, 0) is 9.47 Å². The number of esters is 1. The smallest absolute Gasteiger partial charge is 0.338 e. The summed E-state index contributed by atoms with van der Waals surface area (Å²) >= 11 is 6.09. The molecule has 1 aliphatic rings. The molecule has 1 saturated heterocycles. The highest BCUT2D eigenvalue weighted by Crippen LogP contribution is 2.39. The number of aliphatic hydroxyl groups is 2. The van der Waals surface area contributed by atoms with Crippen LogP contribution in [0.5, 0.6) is 0 Å². The van der Waals surface area contributed by atoms with Crippen molar-refractivity contribution < 1.29 is 29.7 Å². The van der Waals surface area contributed by atoms with Gasteiger partial charge in [-0.1, -0.05) is 71.4 Å². The molecule has 3 heterocycles. The van der Waals surface area contributed by atoms with Crippen molar-refractivity contribution in [3.63, 3.8) is 0 Å². The topological polar surface area (TPSA) is 155 Å². The van der Waals surface area contributed by atoms with E-state index in [4.69, 9.17) is 21.1 Å². The summed E-state index contributed by atoms with van der Waals surface area (Å²) in [5, 5.41) is 35.0. The van der Waals surface area contributed by atoms with Crippen molar-refractivity contribution >= 4 is 28.7 Å². The summed E-state index contributed by atoms with van der Waals surface area (Å²) in [7, 11) is 0. The Morgan fingerprint density at radius 3 is 2.39 bits per heavy atom. The van der Waals surface area contributed by atoms with E-state index < -0.39 is 36.6 Å². The molecule has 208 valence electrons. The Morgan fingerprint density at radius 1 is 0.976 bits per heavy atom. The molecular weight excluding hydrogens is 550 g/mol. The van der Waals surface area contributed by atoms with E-state index in [9.17, 15) is 20.2 Å². The molecule has 1 aliphatic heterocycles. The zero-order valence-corrected chi connectivity index (χ0v) is 22.0. The van der Waals surface area contributed by atoms with E-state index in [0.717, 1.165) is 11.1 Å². The first kappa shape index (κ1) is 26.7. The first-order valence-corrected chi connectivity index (χ1v) is 13.0. The summed E-state index contributed by atoms with van der Waals surface area (Å²) in [5.74, 6) is -0.639. The van der Waals surface area contributed by atoms with Crippen LogP contribution in [0.2, 0.25) is 5.02 Å². The fourth-order valence-corrected chi connectivity index (χ4v) is 5.03. The largest absolute Gasteiger partial charge is 0.451 e. The Bertz CT molecular complexity index is 1740. The number of hydrogen-bond acceptors (Lipinski definition) is 9. The van der Waals surface area contributed by atoms with Crippen molar-refractivity contribution in [2.24, 2.45) is 5.16 Å². The van der Waals surface area contributed by atoms with Crippen LogP contribution in [0.15, 0.2) is 96.7 Å². The van der Waals surface area contributed by atoms with E-state index in [1.54, 1.807) is 36.4 Å². The molecular formula is C29H24ClN5O6. The Labute approximate surface area is 237 Å². The maximum Gasteiger partial charge on any atom is 0.338 e. The van der Waals surface area contributed by atoms with Crippen molar-refractivity contribution in [2.75, 3.05) is 0 Å². The molecule has 0 aliphatic carbocycles. The lowest BCUT2D eigenvalue weighted by molar-refractivity contribution is -0.0917.